The van der Waals surface area contributed by atoms with Crippen molar-refractivity contribution in [2.45, 2.75) is 25.3 Å². The number of para-hydroxylation sites is 1. The van der Waals surface area contributed by atoms with Gasteiger partial charge in [-0.1, -0.05) is 12.1 Å². The number of thiazole rings is 1. The summed E-state index contributed by atoms with van der Waals surface area (Å²) in [6, 6.07) is 8.38. The number of cyclic esters (lactones) is 1. The van der Waals surface area contributed by atoms with Crippen molar-refractivity contribution in [2.24, 2.45) is 0 Å². The van der Waals surface area contributed by atoms with E-state index in [1.807, 2.05) is 18.2 Å². The van der Waals surface area contributed by atoms with E-state index < -0.39 is 6.09 Å². The van der Waals surface area contributed by atoms with Crippen LogP contribution in [0.3, 0.4) is 0 Å². The molecule has 2 atom stereocenters. The van der Waals surface area contributed by atoms with E-state index in [-0.39, 0.29) is 11.9 Å². The molecule has 1 N–H and O–H groups in total. The SMILES string of the molecule is O=C(C[NH+]1CCCC[C@@H]1c1nc2ccccc2s1)N1CCOC1=O. The van der Waals surface area contributed by atoms with E-state index in [2.05, 4.69) is 6.07 Å². The number of hydrogen-bond acceptors (Lipinski definition) is 5. The van der Waals surface area contributed by atoms with Gasteiger partial charge in [0, 0.05) is 6.42 Å². The number of quaternary nitrogens is 1. The molecule has 3 heterocycles. The standard InChI is InChI=1S/C17H19N3O3S/c21-15(20-9-10-23-17(20)22)11-19-8-4-3-6-13(19)16-18-12-5-1-2-7-14(12)24-16/h1-2,5,7,13H,3-4,6,8-11H2/p+1/t13-/m1/s1. The number of nitrogens with zero attached hydrogens (tertiary/aromatic N) is 2. The molecule has 2 fully saturated rings. The number of imide groups is 1. The van der Waals surface area contributed by atoms with E-state index in [4.69, 9.17) is 9.72 Å². The van der Waals surface area contributed by atoms with Crippen LogP contribution in [0.5, 0.6) is 0 Å². The third-order valence-corrected chi connectivity index (χ3v) is 5.93. The van der Waals surface area contributed by atoms with Crippen molar-refractivity contribution in [3.63, 3.8) is 0 Å². The topological polar surface area (TPSA) is 63.9 Å². The zero-order valence-corrected chi connectivity index (χ0v) is 14.2. The summed E-state index contributed by atoms with van der Waals surface area (Å²) < 4.78 is 6.06. The number of rotatable bonds is 3. The molecule has 1 aromatic carbocycles. The Kier molecular flexibility index (Phi) is 4.20. The molecule has 2 saturated heterocycles. The quantitative estimate of drug-likeness (QED) is 0.912. The van der Waals surface area contributed by atoms with E-state index >= 15 is 0 Å². The first-order valence-corrected chi connectivity index (χ1v) is 9.21. The number of aromatic nitrogens is 1. The Morgan fingerprint density at radius 2 is 2.25 bits per heavy atom. The molecular formula is C17H20N3O3S+. The van der Waals surface area contributed by atoms with Crippen molar-refractivity contribution in [1.82, 2.24) is 9.88 Å². The molecule has 7 heteroatoms. The fourth-order valence-electron chi connectivity index (χ4n) is 3.54. The molecule has 2 amide bonds. The molecule has 0 spiro atoms. The fourth-order valence-corrected chi connectivity index (χ4v) is 4.70. The van der Waals surface area contributed by atoms with Crippen molar-refractivity contribution >= 4 is 33.6 Å². The van der Waals surface area contributed by atoms with E-state index in [0.29, 0.717) is 19.7 Å². The van der Waals surface area contributed by atoms with Crippen LogP contribution in [-0.2, 0) is 9.53 Å². The predicted molar refractivity (Wildman–Crippen MR) is 90.0 cm³/mol. The summed E-state index contributed by atoms with van der Waals surface area (Å²) in [5.41, 5.74) is 1.02. The van der Waals surface area contributed by atoms with E-state index in [1.54, 1.807) is 11.3 Å². The number of fused-ring (bicyclic) bond motifs is 1. The van der Waals surface area contributed by atoms with Gasteiger partial charge in [-0.3, -0.25) is 4.79 Å². The minimum atomic E-state index is -0.507. The second-order valence-electron chi connectivity index (χ2n) is 6.31. The number of likely N-dealkylation sites (tertiary alicyclic amines) is 1. The molecule has 2 aromatic rings. The normalized spacial score (nSPS) is 24.3. The van der Waals surface area contributed by atoms with Crippen LogP contribution < -0.4 is 4.90 Å². The van der Waals surface area contributed by atoms with E-state index in [0.717, 1.165) is 36.3 Å². The summed E-state index contributed by atoms with van der Waals surface area (Å²) in [5.74, 6) is -0.138. The Bertz CT molecular complexity index is 742. The van der Waals surface area contributed by atoms with Crippen molar-refractivity contribution in [2.75, 3.05) is 26.2 Å². The van der Waals surface area contributed by atoms with Crippen molar-refractivity contribution in [1.29, 1.82) is 0 Å². The Labute approximate surface area is 144 Å². The largest absolute Gasteiger partial charge is 0.447 e. The fraction of sp³-hybridized carbons (Fsp3) is 0.471. The summed E-state index contributed by atoms with van der Waals surface area (Å²) in [7, 11) is 0. The van der Waals surface area contributed by atoms with Gasteiger partial charge in [-0.25, -0.2) is 14.7 Å². The zero-order chi connectivity index (χ0) is 16.5. The molecule has 1 unspecified atom stereocenters. The summed E-state index contributed by atoms with van der Waals surface area (Å²) in [6.07, 6.45) is 2.79. The van der Waals surface area contributed by atoms with Gasteiger partial charge in [0.2, 0.25) is 0 Å². The van der Waals surface area contributed by atoms with Gasteiger partial charge in [0.25, 0.3) is 5.91 Å². The van der Waals surface area contributed by atoms with Crippen molar-refractivity contribution < 1.29 is 19.2 Å². The number of amides is 2. The van der Waals surface area contributed by atoms with Gasteiger partial charge in [0.05, 0.1) is 23.3 Å². The molecule has 0 saturated carbocycles. The minimum Gasteiger partial charge on any atom is -0.447 e. The maximum absolute atomic E-state index is 12.5. The average molecular weight is 346 g/mol. The molecule has 0 aliphatic carbocycles. The lowest BCUT2D eigenvalue weighted by Crippen LogP contribution is -3.14. The molecule has 0 radical (unpaired) electrons. The first kappa shape index (κ1) is 15.5. The molecule has 126 valence electrons. The molecule has 2 aliphatic heterocycles. The lowest BCUT2D eigenvalue weighted by Gasteiger charge is -2.31. The van der Waals surface area contributed by atoms with Crippen LogP contribution in [0.25, 0.3) is 10.2 Å². The van der Waals surface area contributed by atoms with Crippen LogP contribution in [0.15, 0.2) is 24.3 Å². The number of ether oxygens (including phenoxy) is 1. The second kappa shape index (κ2) is 6.49. The first-order chi connectivity index (χ1) is 11.7. The number of carbonyl (C=O) groups is 2. The highest BCUT2D eigenvalue weighted by molar-refractivity contribution is 7.18. The molecule has 6 nitrogen and oxygen atoms in total. The summed E-state index contributed by atoms with van der Waals surface area (Å²) in [5, 5.41) is 1.10. The molecule has 2 aliphatic rings. The van der Waals surface area contributed by atoms with Gasteiger partial charge >= 0.3 is 6.09 Å². The lowest BCUT2D eigenvalue weighted by molar-refractivity contribution is -0.929. The highest BCUT2D eigenvalue weighted by Crippen LogP contribution is 2.28. The van der Waals surface area contributed by atoms with Gasteiger partial charge in [0.1, 0.15) is 12.6 Å². The summed E-state index contributed by atoms with van der Waals surface area (Å²) in [6.45, 7) is 1.95. The Hall–Kier alpha value is -1.99. The Balaban J connectivity index is 1.54. The van der Waals surface area contributed by atoms with E-state index in [9.17, 15) is 9.59 Å². The number of piperidine rings is 1. The minimum absolute atomic E-state index is 0.138. The van der Waals surface area contributed by atoms with Gasteiger partial charge in [-0.05, 0) is 25.0 Å². The molecule has 4 rings (SSSR count). The van der Waals surface area contributed by atoms with Crippen LogP contribution in [-0.4, -0.2) is 48.1 Å². The van der Waals surface area contributed by atoms with Crippen LogP contribution in [0.4, 0.5) is 4.79 Å². The number of benzene rings is 1. The van der Waals surface area contributed by atoms with Crippen LogP contribution >= 0.6 is 11.3 Å². The maximum atomic E-state index is 12.5. The van der Waals surface area contributed by atoms with Crippen molar-refractivity contribution in [3.8, 4) is 0 Å². The zero-order valence-electron chi connectivity index (χ0n) is 13.4. The predicted octanol–water partition coefficient (Wildman–Crippen LogP) is 1.38. The van der Waals surface area contributed by atoms with Gasteiger partial charge in [-0.2, -0.15) is 0 Å². The van der Waals surface area contributed by atoms with Gasteiger partial charge < -0.3 is 9.64 Å². The Morgan fingerprint density at radius 1 is 1.38 bits per heavy atom. The van der Waals surface area contributed by atoms with Crippen molar-refractivity contribution in [3.05, 3.63) is 29.3 Å². The molecule has 0 bridgehead atoms. The summed E-state index contributed by atoms with van der Waals surface area (Å²) in [4.78, 5) is 31.3. The van der Waals surface area contributed by atoms with Crippen LogP contribution in [0, 0.1) is 0 Å². The number of carbonyl (C=O) groups excluding carboxylic acids is 2. The lowest BCUT2D eigenvalue weighted by atomic mass is 10.0. The first-order valence-electron chi connectivity index (χ1n) is 8.39. The van der Waals surface area contributed by atoms with Crippen LogP contribution in [0.2, 0.25) is 0 Å². The average Bonchev–Trinajstić information content (AvgIpc) is 3.21. The third kappa shape index (κ3) is 2.89. The monoisotopic (exact) mass is 346 g/mol. The molecule has 24 heavy (non-hydrogen) atoms. The van der Waals surface area contributed by atoms with Gasteiger partial charge in [-0.15, -0.1) is 11.3 Å². The number of hydrogen-bond donors (Lipinski definition) is 1. The smallest absolute Gasteiger partial charge is 0.416 e. The highest BCUT2D eigenvalue weighted by Gasteiger charge is 2.36. The second-order valence-corrected chi connectivity index (χ2v) is 7.38. The maximum Gasteiger partial charge on any atom is 0.416 e. The van der Waals surface area contributed by atoms with Crippen LogP contribution in [0.1, 0.15) is 30.3 Å². The Morgan fingerprint density at radius 3 is 3.04 bits per heavy atom. The molecular weight excluding hydrogens is 326 g/mol. The number of nitrogens with one attached hydrogen (secondary N) is 1. The summed E-state index contributed by atoms with van der Waals surface area (Å²) >= 11 is 1.72. The molecule has 1 aromatic heterocycles. The van der Waals surface area contributed by atoms with Gasteiger partial charge in [0.15, 0.2) is 11.6 Å². The highest BCUT2D eigenvalue weighted by atomic mass is 32.1. The van der Waals surface area contributed by atoms with E-state index in [1.165, 1.54) is 14.5 Å². The third-order valence-electron chi connectivity index (χ3n) is 4.78.